The van der Waals surface area contributed by atoms with Crippen LogP contribution in [-0.2, 0) is 11.2 Å². The Morgan fingerprint density at radius 2 is 1.96 bits per heavy atom. The average Bonchev–Trinajstić information content (AvgIpc) is 2.73. The number of benzene rings is 1. The summed E-state index contributed by atoms with van der Waals surface area (Å²) < 4.78 is 11.5. The molecule has 4 rings (SSSR count). The maximum absolute atomic E-state index is 12.8. The third kappa shape index (κ3) is 4.03. The molecule has 0 radical (unpaired) electrons. The number of anilines is 1. The number of rotatable bonds is 4. The standard InChI is InChI=1S/C21H26N4O3/c1-3-15-12-20(23-14(2)22-15)24-16-8-10-25(11-9-16)21(26)19-13-27-17-6-4-5-7-18(17)28-19/h4-7,12,16,19H,3,8-11,13H2,1-2H3,(H,22,23,24). The molecule has 148 valence electrons. The van der Waals surface area contributed by atoms with Crippen LogP contribution in [-0.4, -0.2) is 52.6 Å². The van der Waals surface area contributed by atoms with Crippen molar-refractivity contribution in [2.75, 3.05) is 25.0 Å². The monoisotopic (exact) mass is 382 g/mol. The normalized spacial score (nSPS) is 19.4. The summed E-state index contributed by atoms with van der Waals surface area (Å²) in [7, 11) is 0. The molecule has 1 aromatic carbocycles. The molecule has 1 unspecified atom stereocenters. The summed E-state index contributed by atoms with van der Waals surface area (Å²) in [6.07, 6.45) is 2.06. The molecule has 1 saturated heterocycles. The highest BCUT2D eigenvalue weighted by molar-refractivity contribution is 5.82. The predicted molar refractivity (Wildman–Crippen MR) is 106 cm³/mol. The highest BCUT2D eigenvalue weighted by Gasteiger charge is 2.33. The predicted octanol–water partition coefficient (Wildman–Crippen LogP) is 2.59. The van der Waals surface area contributed by atoms with E-state index in [0.29, 0.717) is 30.6 Å². The van der Waals surface area contributed by atoms with Crippen LogP contribution < -0.4 is 14.8 Å². The Bertz CT molecular complexity index is 849. The molecule has 2 aliphatic rings. The fraction of sp³-hybridized carbons (Fsp3) is 0.476. The molecule has 2 aromatic rings. The lowest BCUT2D eigenvalue weighted by molar-refractivity contribution is -0.142. The van der Waals surface area contributed by atoms with E-state index in [0.717, 1.165) is 36.6 Å². The van der Waals surface area contributed by atoms with Crippen LogP contribution in [0.1, 0.15) is 31.3 Å². The van der Waals surface area contributed by atoms with Gasteiger partial charge in [-0.25, -0.2) is 9.97 Å². The number of nitrogens with zero attached hydrogens (tertiary/aromatic N) is 3. The first kappa shape index (κ1) is 18.5. The molecular formula is C21H26N4O3. The molecule has 1 aromatic heterocycles. The fourth-order valence-corrected chi connectivity index (χ4v) is 3.68. The summed E-state index contributed by atoms with van der Waals surface area (Å²) in [5.74, 6) is 2.98. The number of aryl methyl sites for hydroxylation is 2. The van der Waals surface area contributed by atoms with Gasteiger partial charge in [0.1, 0.15) is 18.2 Å². The number of hydrogen-bond acceptors (Lipinski definition) is 6. The third-order valence-corrected chi connectivity index (χ3v) is 5.20. The van der Waals surface area contributed by atoms with E-state index >= 15 is 0 Å². The van der Waals surface area contributed by atoms with Crippen molar-refractivity contribution in [3.05, 3.63) is 41.9 Å². The minimum Gasteiger partial charge on any atom is -0.485 e. The molecule has 0 spiro atoms. The summed E-state index contributed by atoms with van der Waals surface area (Å²) in [5, 5.41) is 3.50. The highest BCUT2D eigenvalue weighted by atomic mass is 16.6. The number of amides is 1. The SMILES string of the molecule is CCc1cc(NC2CCN(C(=O)C3COc4ccccc4O3)CC2)nc(C)n1. The maximum atomic E-state index is 12.8. The molecule has 7 heteroatoms. The van der Waals surface area contributed by atoms with Gasteiger partial charge in [0, 0.05) is 30.9 Å². The summed E-state index contributed by atoms with van der Waals surface area (Å²) in [4.78, 5) is 23.6. The number of likely N-dealkylation sites (tertiary alicyclic amines) is 1. The topological polar surface area (TPSA) is 76.6 Å². The van der Waals surface area contributed by atoms with Crippen molar-refractivity contribution in [2.45, 2.75) is 45.3 Å². The van der Waals surface area contributed by atoms with Crippen molar-refractivity contribution in [3.63, 3.8) is 0 Å². The molecule has 1 atom stereocenters. The van der Waals surface area contributed by atoms with Crippen LogP contribution >= 0.6 is 0 Å². The van der Waals surface area contributed by atoms with Crippen LogP contribution in [0.4, 0.5) is 5.82 Å². The van der Waals surface area contributed by atoms with Crippen LogP contribution in [0.2, 0.25) is 0 Å². The first-order valence-electron chi connectivity index (χ1n) is 9.90. The van der Waals surface area contributed by atoms with Gasteiger partial charge in [-0.2, -0.15) is 0 Å². The molecule has 2 aliphatic heterocycles. The highest BCUT2D eigenvalue weighted by Crippen LogP contribution is 2.31. The second kappa shape index (κ2) is 8.04. The van der Waals surface area contributed by atoms with Crippen molar-refractivity contribution in [1.82, 2.24) is 14.9 Å². The zero-order valence-electron chi connectivity index (χ0n) is 16.4. The van der Waals surface area contributed by atoms with Gasteiger partial charge in [0.15, 0.2) is 11.5 Å². The Morgan fingerprint density at radius 3 is 2.71 bits per heavy atom. The minimum atomic E-state index is -0.573. The van der Waals surface area contributed by atoms with Crippen molar-refractivity contribution >= 4 is 11.7 Å². The van der Waals surface area contributed by atoms with E-state index in [2.05, 4.69) is 22.2 Å². The number of para-hydroxylation sites is 2. The van der Waals surface area contributed by atoms with Gasteiger partial charge in [0.05, 0.1) is 0 Å². The molecule has 1 amide bonds. The van der Waals surface area contributed by atoms with Gasteiger partial charge in [-0.05, 0) is 38.3 Å². The van der Waals surface area contributed by atoms with E-state index in [9.17, 15) is 4.79 Å². The smallest absolute Gasteiger partial charge is 0.267 e. The summed E-state index contributed by atoms with van der Waals surface area (Å²) >= 11 is 0. The number of ether oxygens (including phenoxy) is 2. The Labute approximate surface area is 165 Å². The molecule has 28 heavy (non-hydrogen) atoms. The number of piperidine rings is 1. The molecule has 7 nitrogen and oxygen atoms in total. The number of nitrogens with one attached hydrogen (secondary N) is 1. The molecule has 0 saturated carbocycles. The quantitative estimate of drug-likeness (QED) is 0.876. The lowest BCUT2D eigenvalue weighted by atomic mass is 10.0. The van der Waals surface area contributed by atoms with E-state index in [1.165, 1.54) is 0 Å². The molecular weight excluding hydrogens is 356 g/mol. The van der Waals surface area contributed by atoms with Crippen molar-refractivity contribution in [3.8, 4) is 11.5 Å². The van der Waals surface area contributed by atoms with Crippen molar-refractivity contribution < 1.29 is 14.3 Å². The lowest BCUT2D eigenvalue weighted by Crippen LogP contribution is -2.50. The largest absolute Gasteiger partial charge is 0.485 e. The number of hydrogen-bond donors (Lipinski definition) is 1. The maximum Gasteiger partial charge on any atom is 0.267 e. The van der Waals surface area contributed by atoms with Gasteiger partial charge in [0.2, 0.25) is 6.10 Å². The lowest BCUT2D eigenvalue weighted by Gasteiger charge is -2.35. The van der Waals surface area contributed by atoms with Crippen LogP contribution in [0.25, 0.3) is 0 Å². The first-order valence-corrected chi connectivity index (χ1v) is 9.90. The Kier molecular flexibility index (Phi) is 5.32. The molecule has 1 N–H and O–H groups in total. The first-order chi connectivity index (χ1) is 13.6. The fourth-order valence-electron chi connectivity index (χ4n) is 3.68. The van der Waals surface area contributed by atoms with Crippen LogP contribution in [0.15, 0.2) is 30.3 Å². The van der Waals surface area contributed by atoms with Gasteiger partial charge >= 0.3 is 0 Å². The van der Waals surface area contributed by atoms with Gasteiger partial charge in [0.25, 0.3) is 5.91 Å². The van der Waals surface area contributed by atoms with Crippen LogP contribution in [0.3, 0.4) is 0 Å². The van der Waals surface area contributed by atoms with Crippen LogP contribution in [0, 0.1) is 6.92 Å². The van der Waals surface area contributed by atoms with E-state index in [4.69, 9.17) is 9.47 Å². The van der Waals surface area contributed by atoms with Gasteiger partial charge in [-0.1, -0.05) is 19.1 Å². The number of carbonyl (C=O) groups is 1. The van der Waals surface area contributed by atoms with Crippen LogP contribution in [0.5, 0.6) is 11.5 Å². The zero-order chi connectivity index (χ0) is 19.5. The van der Waals surface area contributed by atoms with Gasteiger partial charge in [-0.3, -0.25) is 4.79 Å². The molecule has 0 bridgehead atoms. The van der Waals surface area contributed by atoms with Crippen molar-refractivity contribution in [2.24, 2.45) is 0 Å². The van der Waals surface area contributed by atoms with E-state index in [-0.39, 0.29) is 12.5 Å². The number of aromatic nitrogens is 2. The van der Waals surface area contributed by atoms with Crippen molar-refractivity contribution in [1.29, 1.82) is 0 Å². The number of carbonyl (C=O) groups excluding carboxylic acids is 1. The van der Waals surface area contributed by atoms with E-state index in [1.807, 2.05) is 42.2 Å². The molecule has 0 aliphatic carbocycles. The minimum absolute atomic E-state index is 0.000831. The second-order valence-corrected chi connectivity index (χ2v) is 7.25. The zero-order valence-corrected chi connectivity index (χ0v) is 16.4. The average molecular weight is 382 g/mol. The Morgan fingerprint density at radius 1 is 1.21 bits per heavy atom. The van der Waals surface area contributed by atoms with E-state index in [1.54, 1.807) is 0 Å². The summed E-state index contributed by atoms with van der Waals surface area (Å²) in [6, 6.07) is 9.77. The summed E-state index contributed by atoms with van der Waals surface area (Å²) in [6.45, 7) is 5.65. The van der Waals surface area contributed by atoms with Gasteiger partial charge < -0.3 is 19.7 Å². The summed E-state index contributed by atoms with van der Waals surface area (Å²) in [5.41, 5.74) is 1.04. The Balaban J connectivity index is 1.32. The second-order valence-electron chi connectivity index (χ2n) is 7.25. The van der Waals surface area contributed by atoms with Gasteiger partial charge in [-0.15, -0.1) is 0 Å². The number of fused-ring (bicyclic) bond motifs is 1. The molecule has 3 heterocycles. The van der Waals surface area contributed by atoms with E-state index < -0.39 is 6.10 Å². The Hall–Kier alpha value is -2.83. The third-order valence-electron chi connectivity index (χ3n) is 5.20. The molecule has 1 fully saturated rings.